The fourth-order valence-corrected chi connectivity index (χ4v) is 4.22. The van der Waals surface area contributed by atoms with Crippen molar-refractivity contribution in [1.82, 2.24) is 0 Å². The Morgan fingerprint density at radius 1 is 0.389 bits per heavy atom. The van der Waals surface area contributed by atoms with Crippen molar-refractivity contribution in [1.29, 1.82) is 0 Å². The zero-order chi connectivity index (χ0) is 25.5. The minimum Gasteiger partial charge on any atom is -0.550 e. The molecule has 204 valence electrons. The Morgan fingerprint density at radius 2 is 0.556 bits per heavy atom. The van der Waals surface area contributed by atoms with Crippen LogP contribution in [0, 0.1) is 0 Å². The maximum absolute atomic E-state index is 10.2. The molecule has 0 aliphatic heterocycles. The standard InChI is InChI=1S/C18H36O2.C12H24O2.Ba.Ca/c1-2-3-4-5-6-7-8-9-10-11-12-13-14-15-16-17-18(19)20;1-2-3-4-5-6-7-8-9-10-11-12(13)14;;/h2-17H2,1H3,(H,19,20);2-11H2,1H3,(H,13,14);;/q;;2*+2/p-2. The van der Waals surface area contributed by atoms with Gasteiger partial charge in [-0.15, -0.1) is 0 Å². The van der Waals surface area contributed by atoms with Crippen molar-refractivity contribution in [2.45, 2.75) is 181 Å². The van der Waals surface area contributed by atoms with Gasteiger partial charge in [-0.3, -0.25) is 0 Å². The molecule has 0 saturated heterocycles. The van der Waals surface area contributed by atoms with Crippen molar-refractivity contribution in [3.05, 3.63) is 0 Å². The molecule has 0 atom stereocenters. The molecule has 0 spiro atoms. The molecule has 0 unspecified atom stereocenters. The van der Waals surface area contributed by atoms with E-state index in [-0.39, 0.29) is 99.5 Å². The Morgan fingerprint density at radius 3 is 0.722 bits per heavy atom. The van der Waals surface area contributed by atoms with Crippen molar-refractivity contribution in [2.24, 2.45) is 0 Å². The van der Waals surface area contributed by atoms with Gasteiger partial charge in [0, 0.05) is 11.9 Å². The van der Waals surface area contributed by atoms with Gasteiger partial charge < -0.3 is 19.8 Å². The van der Waals surface area contributed by atoms with E-state index in [1.54, 1.807) is 0 Å². The van der Waals surface area contributed by atoms with Gasteiger partial charge in [-0.2, -0.15) is 0 Å². The third kappa shape index (κ3) is 48.8. The quantitative estimate of drug-likeness (QED) is 0.0748. The number of carboxylic acids is 2. The van der Waals surface area contributed by atoms with Crippen LogP contribution in [-0.2, 0) is 9.59 Å². The Hall–Kier alpha value is 1.77. The topological polar surface area (TPSA) is 80.3 Å². The van der Waals surface area contributed by atoms with Crippen LogP contribution in [0.25, 0.3) is 0 Å². The summed E-state index contributed by atoms with van der Waals surface area (Å²) in [4.78, 5) is 20.3. The molecule has 0 aliphatic rings. The van der Waals surface area contributed by atoms with Gasteiger partial charge in [-0.1, -0.05) is 155 Å². The molecule has 0 heterocycles. The van der Waals surface area contributed by atoms with E-state index in [2.05, 4.69) is 13.8 Å². The average Bonchev–Trinajstić information content (AvgIpc) is 2.80. The molecule has 0 aromatic rings. The van der Waals surface area contributed by atoms with E-state index in [1.165, 1.54) is 128 Å². The van der Waals surface area contributed by atoms with E-state index < -0.39 is 11.9 Å². The molecule has 4 nitrogen and oxygen atoms in total. The summed E-state index contributed by atoms with van der Waals surface area (Å²) in [6, 6.07) is 0. The van der Waals surface area contributed by atoms with Crippen LogP contribution in [0.1, 0.15) is 181 Å². The molecule has 0 bridgehead atoms. The zero-order valence-corrected chi connectivity index (χ0v) is 31.1. The summed E-state index contributed by atoms with van der Waals surface area (Å²) in [7, 11) is 0. The molecule has 0 rings (SSSR count). The maximum Gasteiger partial charge on any atom is 2.00 e. The van der Waals surface area contributed by atoms with Gasteiger partial charge in [0.25, 0.3) is 0 Å². The van der Waals surface area contributed by atoms with Crippen molar-refractivity contribution in [3.8, 4) is 0 Å². The van der Waals surface area contributed by atoms with Crippen LogP contribution in [0.4, 0.5) is 0 Å². The van der Waals surface area contributed by atoms with Gasteiger partial charge in [-0.25, -0.2) is 0 Å². The molecular formula is C30H58BaCaO4+2. The molecule has 0 fully saturated rings. The predicted octanol–water partition coefficient (Wildman–Crippen LogP) is 6.89. The van der Waals surface area contributed by atoms with Crippen molar-refractivity contribution in [3.63, 3.8) is 0 Å². The van der Waals surface area contributed by atoms with Gasteiger partial charge in [0.1, 0.15) is 0 Å². The summed E-state index contributed by atoms with van der Waals surface area (Å²) in [5.74, 6) is -1.81. The third-order valence-corrected chi connectivity index (χ3v) is 6.47. The number of carbonyl (C=O) groups is 2. The van der Waals surface area contributed by atoms with Crippen LogP contribution in [0.2, 0.25) is 0 Å². The van der Waals surface area contributed by atoms with Gasteiger partial charge in [0.2, 0.25) is 0 Å². The van der Waals surface area contributed by atoms with Gasteiger partial charge >= 0.3 is 86.6 Å². The normalized spacial score (nSPS) is 10.1. The van der Waals surface area contributed by atoms with E-state index >= 15 is 0 Å². The molecule has 0 aromatic heterocycles. The summed E-state index contributed by atoms with van der Waals surface area (Å²) in [5.41, 5.74) is 0. The summed E-state index contributed by atoms with van der Waals surface area (Å²) >= 11 is 0. The van der Waals surface area contributed by atoms with E-state index in [1.807, 2.05) is 0 Å². The fourth-order valence-electron chi connectivity index (χ4n) is 4.22. The zero-order valence-electron chi connectivity index (χ0n) is 24.4. The van der Waals surface area contributed by atoms with Gasteiger partial charge in [0.05, 0.1) is 0 Å². The molecule has 0 aliphatic carbocycles. The second-order valence-corrected chi connectivity index (χ2v) is 10.0. The minimum absolute atomic E-state index is 0. The fraction of sp³-hybridized carbons (Fsp3) is 0.933. The van der Waals surface area contributed by atoms with Crippen LogP contribution in [0.5, 0.6) is 0 Å². The molecule has 0 radical (unpaired) electrons. The number of rotatable bonds is 26. The molecule has 6 heteroatoms. The van der Waals surface area contributed by atoms with Crippen molar-refractivity contribution >= 4 is 98.6 Å². The van der Waals surface area contributed by atoms with Gasteiger partial charge in [-0.05, 0) is 25.7 Å². The van der Waals surface area contributed by atoms with E-state index in [0.717, 1.165) is 25.7 Å². The van der Waals surface area contributed by atoms with Crippen LogP contribution >= 0.6 is 0 Å². The second kappa shape index (κ2) is 41.3. The van der Waals surface area contributed by atoms with Crippen molar-refractivity contribution in [2.75, 3.05) is 0 Å². The Labute approximate surface area is 295 Å². The van der Waals surface area contributed by atoms with Crippen molar-refractivity contribution < 1.29 is 19.8 Å². The molecule has 0 saturated carbocycles. The maximum atomic E-state index is 10.2. The average molecular weight is 660 g/mol. The molecule has 36 heavy (non-hydrogen) atoms. The van der Waals surface area contributed by atoms with Crippen LogP contribution in [-0.4, -0.2) is 98.6 Å². The van der Waals surface area contributed by atoms with Gasteiger partial charge in [0.15, 0.2) is 0 Å². The van der Waals surface area contributed by atoms with Crippen LogP contribution < -0.4 is 10.2 Å². The smallest absolute Gasteiger partial charge is 0.550 e. The third-order valence-electron chi connectivity index (χ3n) is 6.47. The van der Waals surface area contributed by atoms with E-state index in [9.17, 15) is 19.8 Å². The number of aliphatic carboxylic acids is 2. The largest absolute Gasteiger partial charge is 2.00 e. The van der Waals surface area contributed by atoms with Crippen LogP contribution in [0.3, 0.4) is 0 Å². The first-order valence-electron chi connectivity index (χ1n) is 14.9. The van der Waals surface area contributed by atoms with E-state index in [4.69, 9.17) is 0 Å². The SMILES string of the molecule is CCCCCCCCCCCC(=O)[O-].CCCCCCCCCCCCCCCCCC(=O)[O-].[Ba+2].[Ca+2]. The first kappa shape index (κ1) is 44.8. The number of unbranched alkanes of at least 4 members (excludes halogenated alkanes) is 22. The number of carbonyl (C=O) groups excluding carboxylic acids is 2. The summed E-state index contributed by atoms with van der Waals surface area (Å²) < 4.78 is 0. The number of hydrogen-bond acceptors (Lipinski definition) is 4. The summed E-state index contributed by atoms with van der Waals surface area (Å²) in [6.07, 6.45) is 31.0. The molecule has 0 amide bonds. The Kier molecular flexibility index (Phi) is 51.3. The summed E-state index contributed by atoms with van der Waals surface area (Å²) in [5, 5.41) is 20.3. The summed E-state index contributed by atoms with van der Waals surface area (Å²) in [6.45, 7) is 4.49. The Bertz CT molecular complexity index is 422. The van der Waals surface area contributed by atoms with Crippen LogP contribution in [0.15, 0.2) is 0 Å². The second-order valence-electron chi connectivity index (χ2n) is 10.0. The number of carboxylic acid groups (broad SMARTS) is 2. The Balaban J connectivity index is -0.000000285. The monoisotopic (exact) mass is 660 g/mol. The molecule has 0 N–H and O–H groups in total. The molecule has 0 aromatic carbocycles. The first-order valence-corrected chi connectivity index (χ1v) is 14.9. The first-order chi connectivity index (χ1) is 16.5. The minimum atomic E-state index is -0.909. The predicted molar refractivity (Wildman–Crippen MR) is 153 cm³/mol. The van der Waals surface area contributed by atoms with E-state index in [0.29, 0.717) is 0 Å². The number of hydrogen-bond donors (Lipinski definition) is 0. The molecular weight excluding hydrogens is 602 g/mol.